The molecule has 0 amide bonds. The molecule has 4 aromatic rings. The Morgan fingerprint density at radius 3 is 2.52 bits per heavy atom. The quantitative estimate of drug-likeness (QED) is 0.401. The molecule has 25 heavy (non-hydrogen) atoms. The summed E-state index contributed by atoms with van der Waals surface area (Å²) in [6.07, 6.45) is 3.46. The van der Waals surface area contributed by atoms with Gasteiger partial charge in [0.15, 0.2) is 5.65 Å². The van der Waals surface area contributed by atoms with Crippen molar-refractivity contribution in [2.24, 2.45) is 7.05 Å². The van der Waals surface area contributed by atoms with Crippen LogP contribution in [0.2, 0.25) is 0 Å². The first-order valence-electron chi connectivity index (χ1n) is 8.14. The van der Waals surface area contributed by atoms with E-state index in [2.05, 4.69) is 70.5 Å². The summed E-state index contributed by atoms with van der Waals surface area (Å²) in [7, 11) is 1.90. The van der Waals surface area contributed by atoms with Gasteiger partial charge in [0, 0.05) is 7.05 Å². The zero-order valence-corrected chi connectivity index (χ0v) is 14.9. The molecule has 4 nitrogen and oxygen atoms in total. The standard InChI is InChI=1S/C20H18N4S/c1-14-8-6-7-11-16(14)18(15-9-4-3-5-10-15)25-20-17-12-23-24(2)19(17)21-13-22-20/h3-13,18H,1-2H3/t18-/m1/s1. The largest absolute Gasteiger partial charge is 0.250 e. The van der Waals surface area contributed by atoms with Gasteiger partial charge >= 0.3 is 0 Å². The normalized spacial score (nSPS) is 12.4. The average molecular weight is 346 g/mol. The van der Waals surface area contributed by atoms with Crippen molar-refractivity contribution in [3.05, 3.63) is 83.8 Å². The summed E-state index contributed by atoms with van der Waals surface area (Å²) in [5.41, 5.74) is 4.70. The molecule has 0 aliphatic rings. The molecule has 2 aromatic heterocycles. The number of aryl methyl sites for hydroxylation is 2. The van der Waals surface area contributed by atoms with Crippen molar-refractivity contribution in [1.82, 2.24) is 19.7 Å². The molecule has 0 N–H and O–H groups in total. The van der Waals surface area contributed by atoms with Gasteiger partial charge in [-0.15, -0.1) is 0 Å². The number of hydrogen-bond acceptors (Lipinski definition) is 4. The Labute approximate surface area is 150 Å². The Bertz CT molecular complexity index is 1010. The highest BCUT2D eigenvalue weighted by atomic mass is 32.2. The molecule has 0 bridgehead atoms. The van der Waals surface area contributed by atoms with Crippen LogP contribution in [-0.4, -0.2) is 19.7 Å². The number of hydrogen-bond donors (Lipinski definition) is 0. The van der Waals surface area contributed by atoms with Gasteiger partial charge in [0.2, 0.25) is 0 Å². The van der Waals surface area contributed by atoms with E-state index >= 15 is 0 Å². The van der Waals surface area contributed by atoms with E-state index in [1.165, 1.54) is 16.7 Å². The lowest BCUT2D eigenvalue weighted by atomic mass is 10.0. The molecule has 0 aliphatic carbocycles. The SMILES string of the molecule is Cc1ccccc1[C@H](Sc1ncnc2c1cnn2C)c1ccccc1. The molecular weight excluding hydrogens is 328 g/mol. The monoisotopic (exact) mass is 346 g/mol. The first kappa shape index (κ1) is 15.8. The number of benzene rings is 2. The summed E-state index contributed by atoms with van der Waals surface area (Å²) in [6, 6.07) is 19.1. The Morgan fingerprint density at radius 1 is 0.960 bits per heavy atom. The predicted octanol–water partition coefficient (Wildman–Crippen LogP) is 4.55. The molecule has 0 fully saturated rings. The Morgan fingerprint density at radius 2 is 1.72 bits per heavy atom. The van der Waals surface area contributed by atoms with Crippen LogP contribution in [0.4, 0.5) is 0 Å². The molecule has 0 saturated carbocycles. The lowest BCUT2D eigenvalue weighted by Crippen LogP contribution is -2.00. The summed E-state index contributed by atoms with van der Waals surface area (Å²) in [5.74, 6) is 0. The fourth-order valence-electron chi connectivity index (χ4n) is 2.97. The third-order valence-electron chi connectivity index (χ3n) is 4.30. The van der Waals surface area contributed by atoms with Gasteiger partial charge in [-0.25, -0.2) is 9.97 Å². The topological polar surface area (TPSA) is 43.6 Å². The zero-order chi connectivity index (χ0) is 17.2. The van der Waals surface area contributed by atoms with Gasteiger partial charge in [-0.1, -0.05) is 66.4 Å². The average Bonchev–Trinajstić information content (AvgIpc) is 3.03. The van der Waals surface area contributed by atoms with Crippen molar-refractivity contribution >= 4 is 22.8 Å². The van der Waals surface area contributed by atoms with E-state index in [0.717, 1.165) is 16.1 Å². The van der Waals surface area contributed by atoms with Crippen LogP contribution in [0, 0.1) is 6.92 Å². The van der Waals surface area contributed by atoms with Crippen molar-refractivity contribution in [2.45, 2.75) is 17.2 Å². The molecule has 0 unspecified atom stereocenters. The maximum Gasteiger partial charge on any atom is 0.162 e. The van der Waals surface area contributed by atoms with E-state index in [-0.39, 0.29) is 5.25 Å². The maximum absolute atomic E-state index is 4.54. The Kier molecular flexibility index (Phi) is 4.24. The number of rotatable bonds is 4. The fourth-order valence-corrected chi connectivity index (χ4v) is 4.25. The number of thioether (sulfide) groups is 1. The summed E-state index contributed by atoms with van der Waals surface area (Å²) in [6.45, 7) is 2.16. The molecule has 2 heterocycles. The second-order valence-electron chi connectivity index (χ2n) is 5.95. The first-order chi connectivity index (χ1) is 12.2. The van der Waals surface area contributed by atoms with Gasteiger partial charge < -0.3 is 0 Å². The van der Waals surface area contributed by atoms with Crippen molar-refractivity contribution in [2.75, 3.05) is 0 Å². The lowest BCUT2D eigenvalue weighted by Gasteiger charge is -2.19. The lowest BCUT2D eigenvalue weighted by molar-refractivity contribution is 0.784. The number of aromatic nitrogens is 4. The zero-order valence-electron chi connectivity index (χ0n) is 14.1. The van der Waals surface area contributed by atoms with Crippen molar-refractivity contribution in [3.8, 4) is 0 Å². The van der Waals surface area contributed by atoms with Crippen LogP contribution in [0.5, 0.6) is 0 Å². The van der Waals surface area contributed by atoms with E-state index in [1.807, 2.05) is 19.3 Å². The summed E-state index contributed by atoms with van der Waals surface area (Å²) in [5, 5.41) is 6.44. The molecule has 4 rings (SSSR count). The van der Waals surface area contributed by atoms with Crippen LogP contribution in [0.25, 0.3) is 11.0 Å². The van der Waals surface area contributed by atoms with E-state index in [0.29, 0.717) is 0 Å². The minimum absolute atomic E-state index is 0.167. The minimum Gasteiger partial charge on any atom is -0.250 e. The van der Waals surface area contributed by atoms with Gasteiger partial charge in [0.25, 0.3) is 0 Å². The molecular formula is C20H18N4S. The van der Waals surface area contributed by atoms with Crippen LogP contribution in [0.1, 0.15) is 21.9 Å². The van der Waals surface area contributed by atoms with E-state index < -0.39 is 0 Å². The third kappa shape index (κ3) is 3.03. The third-order valence-corrected chi connectivity index (χ3v) is 5.61. The van der Waals surface area contributed by atoms with Gasteiger partial charge in [0.1, 0.15) is 11.4 Å². The van der Waals surface area contributed by atoms with Crippen LogP contribution in [-0.2, 0) is 7.05 Å². The molecule has 0 saturated heterocycles. The van der Waals surface area contributed by atoms with E-state index in [9.17, 15) is 0 Å². The van der Waals surface area contributed by atoms with Gasteiger partial charge in [-0.3, -0.25) is 4.68 Å². The molecule has 2 aromatic carbocycles. The molecule has 0 spiro atoms. The maximum atomic E-state index is 4.54. The van der Waals surface area contributed by atoms with Crippen LogP contribution < -0.4 is 0 Å². The van der Waals surface area contributed by atoms with E-state index in [4.69, 9.17) is 0 Å². The summed E-state index contributed by atoms with van der Waals surface area (Å²) in [4.78, 5) is 8.89. The molecule has 0 aliphatic heterocycles. The molecule has 124 valence electrons. The highest BCUT2D eigenvalue weighted by Gasteiger charge is 2.20. The van der Waals surface area contributed by atoms with Crippen molar-refractivity contribution in [3.63, 3.8) is 0 Å². The van der Waals surface area contributed by atoms with E-state index in [1.54, 1.807) is 22.8 Å². The van der Waals surface area contributed by atoms with Crippen LogP contribution >= 0.6 is 11.8 Å². The van der Waals surface area contributed by atoms with Crippen molar-refractivity contribution < 1.29 is 0 Å². The van der Waals surface area contributed by atoms with Crippen molar-refractivity contribution in [1.29, 1.82) is 0 Å². The second kappa shape index (κ2) is 6.69. The van der Waals surface area contributed by atoms with Gasteiger partial charge in [-0.05, 0) is 23.6 Å². The minimum atomic E-state index is 0.167. The highest BCUT2D eigenvalue weighted by Crippen LogP contribution is 2.42. The molecule has 0 radical (unpaired) electrons. The molecule has 1 atom stereocenters. The number of fused-ring (bicyclic) bond motifs is 1. The van der Waals surface area contributed by atoms with Crippen LogP contribution in [0.3, 0.4) is 0 Å². The smallest absolute Gasteiger partial charge is 0.162 e. The fraction of sp³-hybridized carbons (Fsp3) is 0.150. The Hall–Kier alpha value is -2.66. The second-order valence-corrected chi connectivity index (χ2v) is 7.04. The first-order valence-corrected chi connectivity index (χ1v) is 9.02. The highest BCUT2D eigenvalue weighted by molar-refractivity contribution is 7.99. The Balaban J connectivity index is 1.83. The van der Waals surface area contributed by atoms with Gasteiger partial charge in [-0.2, -0.15) is 5.10 Å². The van der Waals surface area contributed by atoms with Gasteiger partial charge in [0.05, 0.1) is 16.8 Å². The van der Waals surface area contributed by atoms with Crippen LogP contribution in [0.15, 0.2) is 72.1 Å². The number of nitrogens with zero attached hydrogens (tertiary/aromatic N) is 4. The summed E-state index contributed by atoms with van der Waals surface area (Å²) < 4.78 is 1.78. The summed E-state index contributed by atoms with van der Waals surface area (Å²) >= 11 is 1.75. The predicted molar refractivity (Wildman–Crippen MR) is 102 cm³/mol. The molecule has 5 heteroatoms.